The fourth-order valence-corrected chi connectivity index (χ4v) is 0.993. The van der Waals surface area contributed by atoms with Crippen LogP contribution in [0.25, 0.3) is 0 Å². The Morgan fingerprint density at radius 1 is 1.47 bits per heavy atom. The lowest BCUT2D eigenvalue weighted by Gasteiger charge is -2.12. The molecule has 0 fully saturated rings. The maximum Gasteiger partial charge on any atom is 0.573 e. The predicted octanol–water partition coefficient (Wildman–Crippen LogP) is 2.29. The van der Waals surface area contributed by atoms with E-state index in [-0.39, 0.29) is 0 Å². The first-order valence-corrected chi connectivity index (χ1v) is 3.99. The van der Waals surface area contributed by atoms with Crippen LogP contribution in [0.15, 0.2) is 6.07 Å². The van der Waals surface area contributed by atoms with Crippen molar-refractivity contribution in [2.45, 2.75) is 13.0 Å². The highest BCUT2D eigenvalue weighted by Crippen LogP contribution is 2.29. The van der Waals surface area contributed by atoms with Gasteiger partial charge < -0.3 is 9.84 Å². The summed E-state index contributed by atoms with van der Waals surface area (Å²) >= 11 is 0. The van der Waals surface area contributed by atoms with E-state index in [4.69, 9.17) is 5.11 Å². The van der Waals surface area contributed by atoms with Gasteiger partial charge >= 0.3 is 12.3 Å². The highest BCUT2D eigenvalue weighted by Gasteiger charge is 2.35. The van der Waals surface area contributed by atoms with Gasteiger partial charge in [0.05, 0.1) is 5.69 Å². The first-order valence-electron chi connectivity index (χ1n) is 3.99. The Kier molecular flexibility index (Phi) is 3.49. The molecule has 0 radical (unpaired) electrons. The Morgan fingerprint density at radius 3 is 2.47 bits per heavy atom. The summed E-state index contributed by atoms with van der Waals surface area (Å²) in [7, 11) is 0. The SMILES string of the molecule is O=C(O)c1cc(CF)nc(F)c1OC(F)(F)F. The van der Waals surface area contributed by atoms with Crippen LogP contribution < -0.4 is 4.74 Å². The van der Waals surface area contributed by atoms with Gasteiger partial charge in [-0.25, -0.2) is 14.2 Å². The van der Waals surface area contributed by atoms with Gasteiger partial charge in [0.2, 0.25) is 0 Å². The van der Waals surface area contributed by atoms with E-state index in [0.29, 0.717) is 6.07 Å². The summed E-state index contributed by atoms with van der Waals surface area (Å²) in [5, 5.41) is 8.54. The second-order valence-electron chi connectivity index (χ2n) is 2.77. The standard InChI is InChI=1S/C8H4F5NO3/c9-2-3-1-4(7(15)16)5(6(10)14-3)17-8(11,12)13/h1H,2H2,(H,15,16). The zero-order valence-corrected chi connectivity index (χ0v) is 7.89. The molecule has 94 valence electrons. The lowest BCUT2D eigenvalue weighted by molar-refractivity contribution is -0.275. The zero-order valence-electron chi connectivity index (χ0n) is 7.89. The second kappa shape index (κ2) is 4.52. The van der Waals surface area contributed by atoms with Crippen LogP contribution in [-0.2, 0) is 6.67 Å². The van der Waals surface area contributed by atoms with Crippen molar-refractivity contribution in [1.82, 2.24) is 4.98 Å². The predicted molar refractivity (Wildman–Crippen MR) is 42.6 cm³/mol. The molecular formula is C8H4F5NO3. The summed E-state index contributed by atoms with van der Waals surface area (Å²) in [6.45, 7) is -1.32. The van der Waals surface area contributed by atoms with Crippen LogP contribution in [0.4, 0.5) is 22.0 Å². The third-order valence-corrected chi connectivity index (χ3v) is 1.57. The minimum Gasteiger partial charge on any atom is -0.478 e. The fraction of sp³-hybridized carbons (Fsp3) is 0.250. The van der Waals surface area contributed by atoms with Crippen LogP contribution in [0.3, 0.4) is 0 Å². The minimum atomic E-state index is -5.27. The summed E-state index contributed by atoms with van der Waals surface area (Å²) < 4.78 is 63.9. The van der Waals surface area contributed by atoms with E-state index in [9.17, 15) is 26.7 Å². The molecule has 9 heteroatoms. The Bertz CT molecular complexity index is 446. The zero-order chi connectivity index (χ0) is 13.2. The molecule has 1 aromatic rings. The smallest absolute Gasteiger partial charge is 0.478 e. The van der Waals surface area contributed by atoms with Gasteiger partial charge in [0.25, 0.3) is 5.95 Å². The lowest BCUT2D eigenvalue weighted by Crippen LogP contribution is -2.21. The molecule has 4 nitrogen and oxygen atoms in total. The van der Waals surface area contributed by atoms with Crippen molar-refractivity contribution in [2.75, 3.05) is 0 Å². The first-order chi connectivity index (χ1) is 7.74. The monoisotopic (exact) mass is 257 g/mol. The molecule has 0 aliphatic heterocycles. The molecule has 1 heterocycles. The Hall–Kier alpha value is -1.93. The molecule has 17 heavy (non-hydrogen) atoms. The number of pyridine rings is 1. The molecule has 0 saturated carbocycles. The van der Waals surface area contributed by atoms with Crippen molar-refractivity contribution in [2.24, 2.45) is 0 Å². The quantitative estimate of drug-likeness (QED) is 0.666. The van der Waals surface area contributed by atoms with Gasteiger partial charge in [0.1, 0.15) is 12.2 Å². The molecule has 0 saturated heterocycles. The molecular weight excluding hydrogens is 253 g/mol. The molecule has 1 aromatic heterocycles. The number of carbonyl (C=O) groups is 1. The van der Waals surface area contributed by atoms with E-state index < -0.39 is 42.0 Å². The number of nitrogens with zero attached hydrogens (tertiary/aromatic N) is 1. The van der Waals surface area contributed by atoms with Crippen LogP contribution in [-0.4, -0.2) is 22.4 Å². The number of hydrogen-bond donors (Lipinski definition) is 1. The number of halogens is 5. The van der Waals surface area contributed by atoms with Gasteiger partial charge in [-0.2, -0.15) is 4.39 Å². The number of hydrogen-bond acceptors (Lipinski definition) is 3. The van der Waals surface area contributed by atoms with Crippen molar-refractivity contribution in [3.8, 4) is 5.75 Å². The Balaban J connectivity index is 3.32. The van der Waals surface area contributed by atoms with Gasteiger partial charge in [-0.1, -0.05) is 0 Å². The number of alkyl halides is 4. The van der Waals surface area contributed by atoms with Crippen LogP contribution in [0.1, 0.15) is 16.1 Å². The molecule has 0 atom stereocenters. The number of carboxylic acid groups (broad SMARTS) is 1. The van der Waals surface area contributed by atoms with Crippen LogP contribution >= 0.6 is 0 Å². The molecule has 1 N–H and O–H groups in total. The van der Waals surface area contributed by atoms with Crippen molar-refractivity contribution in [3.63, 3.8) is 0 Å². The minimum absolute atomic E-state index is 0.465. The van der Waals surface area contributed by atoms with Gasteiger partial charge in [-0.15, -0.1) is 13.2 Å². The summed E-state index contributed by atoms with van der Waals surface area (Å²) in [6.07, 6.45) is -5.27. The molecule has 0 aromatic carbocycles. The first kappa shape index (κ1) is 13.1. The van der Waals surface area contributed by atoms with Crippen molar-refractivity contribution >= 4 is 5.97 Å². The van der Waals surface area contributed by atoms with Gasteiger partial charge in [0.15, 0.2) is 5.75 Å². The van der Waals surface area contributed by atoms with Crippen molar-refractivity contribution in [3.05, 3.63) is 23.3 Å². The van der Waals surface area contributed by atoms with E-state index in [2.05, 4.69) is 9.72 Å². The highest BCUT2D eigenvalue weighted by molar-refractivity contribution is 5.90. The normalized spacial score (nSPS) is 11.4. The average molecular weight is 257 g/mol. The molecule has 1 rings (SSSR count). The number of aromatic nitrogens is 1. The van der Waals surface area contributed by atoms with E-state index in [1.807, 2.05) is 0 Å². The number of carboxylic acids is 1. The molecule has 0 bridgehead atoms. The van der Waals surface area contributed by atoms with Gasteiger partial charge in [-0.3, -0.25) is 0 Å². The van der Waals surface area contributed by atoms with Crippen LogP contribution in [0, 0.1) is 5.95 Å². The van der Waals surface area contributed by atoms with Crippen molar-refractivity contribution in [1.29, 1.82) is 0 Å². The molecule has 0 aliphatic carbocycles. The number of aromatic carboxylic acids is 1. The summed E-state index contributed by atoms with van der Waals surface area (Å²) in [5.74, 6) is -5.32. The van der Waals surface area contributed by atoms with Gasteiger partial charge in [0, 0.05) is 0 Å². The Morgan fingerprint density at radius 2 is 2.06 bits per heavy atom. The number of ether oxygens (including phenoxy) is 1. The molecule has 0 amide bonds. The maximum absolute atomic E-state index is 13.0. The maximum atomic E-state index is 13.0. The van der Waals surface area contributed by atoms with E-state index >= 15 is 0 Å². The van der Waals surface area contributed by atoms with Crippen LogP contribution in [0.2, 0.25) is 0 Å². The van der Waals surface area contributed by atoms with E-state index in [1.54, 1.807) is 0 Å². The molecule has 0 aliphatic rings. The average Bonchev–Trinajstić information content (AvgIpc) is 2.18. The lowest BCUT2D eigenvalue weighted by atomic mass is 10.2. The highest BCUT2D eigenvalue weighted by atomic mass is 19.4. The third kappa shape index (κ3) is 3.26. The second-order valence-corrected chi connectivity index (χ2v) is 2.77. The Labute approximate surface area is 90.6 Å². The summed E-state index contributed by atoms with van der Waals surface area (Å²) in [6, 6.07) is 0.465. The summed E-state index contributed by atoms with van der Waals surface area (Å²) in [4.78, 5) is 13.4. The number of rotatable bonds is 3. The molecule has 0 spiro atoms. The van der Waals surface area contributed by atoms with Crippen molar-refractivity contribution < 1.29 is 36.6 Å². The van der Waals surface area contributed by atoms with Crippen LogP contribution in [0.5, 0.6) is 5.75 Å². The van der Waals surface area contributed by atoms with Gasteiger partial charge in [-0.05, 0) is 6.07 Å². The third-order valence-electron chi connectivity index (χ3n) is 1.57. The van der Waals surface area contributed by atoms with E-state index in [0.717, 1.165) is 0 Å². The summed E-state index contributed by atoms with van der Waals surface area (Å²) in [5.41, 5.74) is -1.79. The topological polar surface area (TPSA) is 59.4 Å². The fourth-order valence-electron chi connectivity index (χ4n) is 0.993. The molecule has 0 unspecified atom stereocenters. The van der Waals surface area contributed by atoms with E-state index in [1.165, 1.54) is 0 Å². The largest absolute Gasteiger partial charge is 0.573 e.